The number of amides is 1. The quantitative estimate of drug-likeness (QED) is 0.553. The van der Waals surface area contributed by atoms with Crippen molar-refractivity contribution in [3.8, 4) is 11.5 Å². The van der Waals surface area contributed by atoms with Gasteiger partial charge in [-0.25, -0.2) is 9.97 Å². The molecule has 1 aliphatic rings. The molecule has 1 amide bonds. The molecule has 0 bridgehead atoms. The van der Waals surface area contributed by atoms with Crippen molar-refractivity contribution >= 4 is 28.8 Å². The first kappa shape index (κ1) is 21.6. The van der Waals surface area contributed by atoms with Gasteiger partial charge >= 0.3 is 0 Å². The highest BCUT2D eigenvalue weighted by atomic mass is 16.5. The van der Waals surface area contributed by atoms with Crippen LogP contribution in [0.4, 0.5) is 5.82 Å². The average Bonchev–Trinajstić information content (AvgIpc) is 2.83. The Morgan fingerprint density at radius 3 is 2.44 bits per heavy atom. The van der Waals surface area contributed by atoms with Crippen LogP contribution >= 0.6 is 0 Å². The zero-order valence-electron chi connectivity index (χ0n) is 18.7. The van der Waals surface area contributed by atoms with E-state index < -0.39 is 0 Å². The van der Waals surface area contributed by atoms with E-state index >= 15 is 0 Å². The average molecular weight is 433 g/mol. The van der Waals surface area contributed by atoms with Crippen molar-refractivity contribution < 1.29 is 14.3 Å². The number of carbonyl (C=O) groups is 1. The van der Waals surface area contributed by atoms with Gasteiger partial charge in [0.2, 0.25) is 5.91 Å². The molecule has 0 aliphatic carbocycles. The Kier molecular flexibility index (Phi) is 6.54. The Morgan fingerprint density at radius 2 is 1.75 bits per heavy atom. The van der Waals surface area contributed by atoms with E-state index in [2.05, 4.69) is 9.88 Å². The maximum Gasteiger partial charge on any atom is 0.246 e. The molecule has 2 aromatic carbocycles. The van der Waals surface area contributed by atoms with E-state index in [-0.39, 0.29) is 5.91 Å². The normalized spacial score (nSPS) is 14.2. The number of ether oxygens (including phenoxy) is 2. The highest BCUT2D eigenvalue weighted by Gasteiger charge is 2.22. The van der Waals surface area contributed by atoms with E-state index in [4.69, 9.17) is 14.5 Å². The van der Waals surface area contributed by atoms with Gasteiger partial charge in [-0.1, -0.05) is 18.2 Å². The minimum Gasteiger partial charge on any atom is -0.493 e. The van der Waals surface area contributed by atoms with E-state index in [1.807, 2.05) is 67.3 Å². The summed E-state index contributed by atoms with van der Waals surface area (Å²) in [6.45, 7) is 7.22. The number of carbonyl (C=O) groups excluding carboxylic acids is 1. The monoisotopic (exact) mass is 432 g/mol. The molecule has 0 spiro atoms. The van der Waals surface area contributed by atoms with Crippen molar-refractivity contribution in [3.05, 3.63) is 59.8 Å². The molecule has 7 nitrogen and oxygen atoms in total. The number of methoxy groups -OCH3 is 1. The number of rotatable bonds is 6. The second kappa shape index (κ2) is 9.68. The van der Waals surface area contributed by atoms with Gasteiger partial charge in [0, 0.05) is 32.3 Å². The molecule has 4 rings (SSSR count). The minimum absolute atomic E-state index is 0.00109. The second-order valence-electron chi connectivity index (χ2n) is 7.61. The Bertz CT molecular complexity index is 1140. The Labute approximate surface area is 188 Å². The van der Waals surface area contributed by atoms with Crippen LogP contribution < -0.4 is 14.4 Å². The van der Waals surface area contributed by atoms with Gasteiger partial charge in [-0.3, -0.25) is 4.79 Å². The third kappa shape index (κ3) is 4.66. The van der Waals surface area contributed by atoms with Crippen LogP contribution in [0, 0.1) is 6.92 Å². The van der Waals surface area contributed by atoms with E-state index in [0.717, 1.165) is 41.2 Å². The van der Waals surface area contributed by atoms with Gasteiger partial charge in [0.05, 0.1) is 30.4 Å². The van der Waals surface area contributed by atoms with E-state index in [1.165, 1.54) is 0 Å². The number of para-hydroxylation sites is 2. The summed E-state index contributed by atoms with van der Waals surface area (Å²) in [7, 11) is 1.61. The molecule has 0 radical (unpaired) electrons. The number of anilines is 1. The summed E-state index contributed by atoms with van der Waals surface area (Å²) in [5.74, 6) is 2.25. The molecule has 7 heteroatoms. The summed E-state index contributed by atoms with van der Waals surface area (Å²) in [6, 6.07) is 13.5. The molecule has 32 heavy (non-hydrogen) atoms. The highest BCUT2D eigenvalue weighted by molar-refractivity contribution is 5.92. The molecule has 1 aromatic heterocycles. The van der Waals surface area contributed by atoms with Gasteiger partial charge in [0.15, 0.2) is 17.3 Å². The zero-order chi connectivity index (χ0) is 22.5. The van der Waals surface area contributed by atoms with Crippen LogP contribution in [0.25, 0.3) is 17.1 Å². The molecule has 0 unspecified atom stereocenters. The van der Waals surface area contributed by atoms with Crippen LogP contribution in [0.2, 0.25) is 0 Å². The molecule has 3 aromatic rings. The fraction of sp³-hybridized carbons (Fsp3) is 0.320. The predicted molar refractivity (Wildman–Crippen MR) is 126 cm³/mol. The molecule has 0 atom stereocenters. The molecule has 0 saturated carbocycles. The highest BCUT2D eigenvalue weighted by Crippen LogP contribution is 2.28. The van der Waals surface area contributed by atoms with Crippen molar-refractivity contribution in [2.45, 2.75) is 13.8 Å². The zero-order valence-corrected chi connectivity index (χ0v) is 18.7. The smallest absolute Gasteiger partial charge is 0.246 e. The van der Waals surface area contributed by atoms with Crippen LogP contribution in [-0.2, 0) is 4.79 Å². The summed E-state index contributed by atoms with van der Waals surface area (Å²) >= 11 is 0. The fourth-order valence-electron chi connectivity index (χ4n) is 3.85. The first-order valence-electron chi connectivity index (χ1n) is 10.8. The van der Waals surface area contributed by atoms with Crippen LogP contribution in [0.1, 0.15) is 18.2 Å². The van der Waals surface area contributed by atoms with Crippen molar-refractivity contribution in [3.63, 3.8) is 0 Å². The number of benzene rings is 2. The summed E-state index contributed by atoms with van der Waals surface area (Å²) in [6.07, 6.45) is 3.43. The first-order chi connectivity index (χ1) is 15.6. The lowest BCUT2D eigenvalue weighted by molar-refractivity contribution is -0.126. The van der Waals surface area contributed by atoms with Gasteiger partial charge in [-0.05, 0) is 49.8 Å². The molecule has 1 saturated heterocycles. The maximum atomic E-state index is 12.7. The predicted octanol–water partition coefficient (Wildman–Crippen LogP) is 3.71. The Balaban J connectivity index is 1.39. The van der Waals surface area contributed by atoms with Gasteiger partial charge in [-0.2, -0.15) is 0 Å². The largest absolute Gasteiger partial charge is 0.493 e. The fourth-order valence-corrected chi connectivity index (χ4v) is 3.85. The molecule has 0 N–H and O–H groups in total. The molecule has 1 aliphatic heterocycles. The lowest BCUT2D eigenvalue weighted by Gasteiger charge is -2.35. The lowest BCUT2D eigenvalue weighted by atomic mass is 10.2. The van der Waals surface area contributed by atoms with Gasteiger partial charge < -0.3 is 19.3 Å². The number of aryl methyl sites for hydroxylation is 1. The Morgan fingerprint density at radius 1 is 1.03 bits per heavy atom. The van der Waals surface area contributed by atoms with Crippen molar-refractivity contribution in [1.82, 2.24) is 14.9 Å². The third-order valence-electron chi connectivity index (χ3n) is 5.52. The van der Waals surface area contributed by atoms with Gasteiger partial charge in [-0.15, -0.1) is 0 Å². The standard InChI is InChI=1S/C25H28N4O3/c1-4-32-22-11-9-19(17-23(22)31-3)10-12-24(30)28-13-15-29(16-14-28)25-18(2)26-20-7-5-6-8-21(20)27-25/h5-12,17H,4,13-16H2,1-3H3/b12-10+. The topological polar surface area (TPSA) is 67.8 Å². The van der Waals surface area contributed by atoms with Crippen molar-refractivity contribution in [2.75, 3.05) is 44.8 Å². The second-order valence-corrected chi connectivity index (χ2v) is 7.61. The number of hydrogen-bond donors (Lipinski definition) is 0. The lowest BCUT2D eigenvalue weighted by Crippen LogP contribution is -2.48. The van der Waals surface area contributed by atoms with Crippen LogP contribution in [0.3, 0.4) is 0 Å². The van der Waals surface area contributed by atoms with Crippen molar-refractivity contribution in [2.24, 2.45) is 0 Å². The Hall–Kier alpha value is -3.61. The van der Waals surface area contributed by atoms with Crippen LogP contribution in [-0.4, -0.2) is 60.7 Å². The third-order valence-corrected chi connectivity index (χ3v) is 5.52. The number of hydrogen-bond acceptors (Lipinski definition) is 6. The van der Waals surface area contributed by atoms with Crippen LogP contribution in [0.5, 0.6) is 11.5 Å². The van der Waals surface area contributed by atoms with Crippen molar-refractivity contribution in [1.29, 1.82) is 0 Å². The molecule has 1 fully saturated rings. The van der Waals surface area contributed by atoms with E-state index in [0.29, 0.717) is 31.2 Å². The van der Waals surface area contributed by atoms with E-state index in [9.17, 15) is 4.79 Å². The van der Waals surface area contributed by atoms with Crippen LogP contribution in [0.15, 0.2) is 48.5 Å². The minimum atomic E-state index is -0.00109. The van der Waals surface area contributed by atoms with Gasteiger partial charge in [0.25, 0.3) is 0 Å². The number of fused-ring (bicyclic) bond motifs is 1. The first-order valence-corrected chi connectivity index (χ1v) is 10.8. The molecule has 166 valence electrons. The summed E-state index contributed by atoms with van der Waals surface area (Å²) < 4.78 is 10.9. The number of piperazine rings is 1. The molecule has 2 heterocycles. The summed E-state index contributed by atoms with van der Waals surface area (Å²) in [4.78, 5) is 26.3. The SMILES string of the molecule is CCOc1ccc(/C=C/C(=O)N2CCN(c3nc4ccccc4nc3C)CC2)cc1OC. The van der Waals surface area contributed by atoms with Gasteiger partial charge in [0.1, 0.15) is 0 Å². The summed E-state index contributed by atoms with van der Waals surface area (Å²) in [5.41, 5.74) is 3.59. The number of aromatic nitrogens is 2. The van der Waals surface area contributed by atoms with E-state index in [1.54, 1.807) is 13.2 Å². The molecular formula is C25H28N4O3. The maximum absolute atomic E-state index is 12.7. The number of nitrogens with zero attached hydrogens (tertiary/aromatic N) is 4. The summed E-state index contributed by atoms with van der Waals surface area (Å²) in [5, 5.41) is 0. The molecular weight excluding hydrogens is 404 g/mol.